The number of nitrogen functional groups attached to an aromatic ring is 1. The number of rotatable bonds is 1. The Morgan fingerprint density at radius 3 is 2.10 bits per heavy atom. The number of hydrogen-bond donors (Lipinski definition) is 2. The van der Waals surface area contributed by atoms with Crippen molar-refractivity contribution in [3.05, 3.63) is 21.3 Å². The summed E-state index contributed by atoms with van der Waals surface area (Å²) in [6.07, 6.45) is 3.33. The molecule has 0 unspecified atom stereocenters. The number of nitrogens with one attached hydrogen (secondary N) is 1. The van der Waals surface area contributed by atoms with Gasteiger partial charge in [-0.2, -0.15) is 0 Å². The number of aromatic nitrogens is 1. The highest BCUT2D eigenvalue weighted by Crippen LogP contribution is 2.27. The fourth-order valence-electron chi connectivity index (χ4n) is 0.549. The van der Waals surface area contributed by atoms with Crippen LogP contribution >= 0.6 is 31.9 Å². The lowest BCUT2D eigenvalue weighted by Crippen LogP contribution is -2.08. The normalized spacial score (nSPS) is 9.50. The van der Waals surface area contributed by atoms with Gasteiger partial charge in [-0.1, -0.05) is 0 Å². The lowest BCUT2D eigenvalue weighted by atomic mass is 10.4. The highest BCUT2D eigenvalue weighted by molar-refractivity contribution is 9.11. The van der Waals surface area contributed by atoms with Gasteiger partial charge in [0.1, 0.15) is 0 Å². The van der Waals surface area contributed by atoms with E-state index < -0.39 is 0 Å². The lowest BCUT2D eigenvalue weighted by molar-refractivity contribution is 1.25. The molecule has 0 aromatic carbocycles. The predicted octanol–water partition coefficient (Wildman–Crippen LogP) is 1.89. The molecule has 0 saturated carbocycles. The molecule has 10 heavy (non-hydrogen) atoms. The SMILES string of the molecule is NNc1c(Br)cncc1Br. The van der Waals surface area contributed by atoms with Crippen LogP contribution < -0.4 is 11.3 Å². The number of nitrogens with two attached hydrogens (primary N) is 1. The van der Waals surface area contributed by atoms with Crippen LogP contribution in [0.25, 0.3) is 0 Å². The second kappa shape index (κ2) is 3.32. The third-order valence-electron chi connectivity index (χ3n) is 0.998. The Morgan fingerprint density at radius 2 is 1.80 bits per heavy atom. The van der Waals surface area contributed by atoms with Crippen molar-refractivity contribution < 1.29 is 0 Å². The molecule has 54 valence electrons. The molecule has 0 atom stereocenters. The van der Waals surface area contributed by atoms with E-state index in [0.29, 0.717) is 0 Å². The molecular formula is C5H5Br2N3. The van der Waals surface area contributed by atoms with Gasteiger partial charge < -0.3 is 5.43 Å². The van der Waals surface area contributed by atoms with Crippen molar-refractivity contribution in [1.82, 2.24) is 4.98 Å². The molecule has 1 rings (SSSR count). The lowest BCUT2D eigenvalue weighted by Gasteiger charge is -2.03. The van der Waals surface area contributed by atoms with E-state index in [-0.39, 0.29) is 0 Å². The first-order valence-corrected chi connectivity index (χ1v) is 4.10. The Hall–Kier alpha value is -0.130. The number of pyridine rings is 1. The minimum Gasteiger partial charge on any atom is -0.322 e. The van der Waals surface area contributed by atoms with Crippen LogP contribution in [0.2, 0.25) is 0 Å². The van der Waals surface area contributed by atoms with Crippen molar-refractivity contribution in [2.75, 3.05) is 5.43 Å². The van der Waals surface area contributed by atoms with E-state index in [0.717, 1.165) is 14.6 Å². The van der Waals surface area contributed by atoms with Gasteiger partial charge in [-0.25, -0.2) is 0 Å². The molecule has 3 N–H and O–H groups in total. The van der Waals surface area contributed by atoms with E-state index in [1.54, 1.807) is 12.4 Å². The van der Waals surface area contributed by atoms with Gasteiger partial charge in [-0.15, -0.1) is 0 Å². The van der Waals surface area contributed by atoms with Crippen LogP contribution in [0.4, 0.5) is 5.69 Å². The minimum atomic E-state index is 0.801. The molecule has 1 aromatic rings. The fraction of sp³-hybridized carbons (Fsp3) is 0. The van der Waals surface area contributed by atoms with Crippen molar-refractivity contribution in [3.8, 4) is 0 Å². The van der Waals surface area contributed by atoms with Gasteiger partial charge in [-0.05, 0) is 31.9 Å². The second-order valence-corrected chi connectivity index (χ2v) is 3.33. The molecule has 3 nitrogen and oxygen atoms in total. The molecule has 0 aliphatic rings. The average Bonchev–Trinajstić information content (AvgIpc) is 1.88. The van der Waals surface area contributed by atoms with Crippen LogP contribution in [-0.2, 0) is 0 Å². The Labute approximate surface area is 75.2 Å². The highest BCUT2D eigenvalue weighted by atomic mass is 79.9. The Morgan fingerprint density at radius 1 is 1.30 bits per heavy atom. The second-order valence-electron chi connectivity index (χ2n) is 1.62. The average molecular weight is 267 g/mol. The van der Waals surface area contributed by atoms with Crippen molar-refractivity contribution in [2.45, 2.75) is 0 Å². The van der Waals surface area contributed by atoms with Crippen LogP contribution in [-0.4, -0.2) is 4.98 Å². The van der Waals surface area contributed by atoms with Gasteiger partial charge in [0.2, 0.25) is 0 Å². The molecule has 1 heterocycles. The van der Waals surface area contributed by atoms with Gasteiger partial charge >= 0.3 is 0 Å². The van der Waals surface area contributed by atoms with Crippen LogP contribution in [0, 0.1) is 0 Å². The third-order valence-corrected chi connectivity index (χ3v) is 2.20. The first-order valence-electron chi connectivity index (χ1n) is 2.51. The van der Waals surface area contributed by atoms with Crippen LogP contribution in [0.15, 0.2) is 21.3 Å². The maximum absolute atomic E-state index is 5.21. The number of hydrogen-bond acceptors (Lipinski definition) is 3. The zero-order valence-electron chi connectivity index (χ0n) is 4.94. The van der Waals surface area contributed by atoms with Gasteiger partial charge in [0, 0.05) is 12.4 Å². The van der Waals surface area contributed by atoms with E-state index >= 15 is 0 Å². The topological polar surface area (TPSA) is 50.9 Å². The molecule has 0 radical (unpaired) electrons. The largest absolute Gasteiger partial charge is 0.322 e. The van der Waals surface area contributed by atoms with Crippen LogP contribution in [0.3, 0.4) is 0 Å². The van der Waals surface area contributed by atoms with Crippen LogP contribution in [0.1, 0.15) is 0 Å². The van der Waals surface area contributed by atoms with Crippen molar-refractivity contribution >= 4 is 37.5 Å². The van der Waals surface area contributed by atoms with Crippen molar-refractivity contribution in [1.29, 1.82) is 0 Å². The van der Waals surface area contributed by atoms with E-state index in [4.69, 9.17) is 5.84 Å². The molecule has 0 spiro atoms. The summed E-state index contributed by atoms with van der Waals surface area (Å²) >= 11 is 6.54. The molecule has 0 aliphatic carbocycles. The summed E-state index contributed by atoms with van der Waals surface area (Å²) in [7, 11) is 0. The van der Waals surface area contributed by atoms with E-state index in [9.17, 15) is 0 Å². The summed E-state index contributed by atoms with van der Waals surface area (Å²) in [6, 6.07) is 0. The Kier molecular flexibility index (Phi) is 2.64. The third kappa shape index (κ3) is 1.47. The standard InChI is InChI=1S/C5H5Br2N3/c6-3-1-9-2-4(7)5(3)10-8/h1-2H,8H2,(H,9,10). The molecule has 1 aromatic heterocycles. The zero-order valence-corrected chi connectivity index (χ0v) is 8.11. The summed E-state index contributed by atoms with van der Waals surface area (Å²) in [5, 5.41) is 0. The Balaban J connectivity index is 3.17. The number of hydrazine groups is 1. The van der Waals surface area contributed by atoms with E-state index in [1.807, 2.05) is 0 Å². The fourth-order valence-corrected chi connectivity index (χ4v) is 1.71. The number of anilines is 1. The summed E-state index contributed by atoms with van der Waals surface area (Å²) in [5.74, 6) is 5.21. The molecule has 5 heteroatoms. The monoisotopic (exact) mass is 265 g/mol. The summed E-state index contributed by atoms with van der Waals surface area (Å²) in [5.41, 5.74) is 3.33. The van der Waals surface area contributed by atoms with Gasteiger partial charge in [-0.3, -0.25) is 10.8 Å². The van der Waals surface area contributed by atoms with Crippen LogP contribution in [0.5, 0.6) is 0 Å². The quantitative estimate of drug-likeness (QED) is 0.603. The summed E-state index contributed by atoms with van der Waals surface area (Å²) in [4.78, 5) is 3.90. The van der Waals surface area contributed by atoms with Crippen molar-refractivity contribution in [3.63, 3.8) is 0 Å². The Bertz CT molecular complexity index is 218. The number of halogens is 2. The molecular weight excluding hydrogens is 262 g/mol. The minimum absolute atomic E-state index is 0.801. The van der Waals surface area contributed by atoms with Gasteiger partial charge in [0.15, 0.2) is 0 Å². The predicted molar refractivity (Wildman–Crippen MR) is 47.4 cm³/mol. The molecule has 0 aliphatic heterocycles. The summed E-state index contributed by atoms with van der Waals surface area (Å²) < 4.78 is 1.67. The molecule has 0 bridgehead atoms. The molecule has 0 saturated heterocycles. The number of nitrogens with zero attached hydrogens (tertiary/aromatic N) is 1. The first kappa shape index (κ1) is 7.97. The summed E-state index contributed by atoms with van der Waals surface area (Å²) in [6.45, 7) is 0. The van der Waals surface area contributed by atoms with Gasteiger partial charge in [0.25, 0.3) is 0 Å². The van der Waals surface area contributed by atoms with Gasteiger partial charge in [0.05, 0.1) is 14.6 Å². The van der Waals surface area contributed by atoms with Crippen molar-refractivity contribution in [2.24, 2.45) is 5.84 Å². The van der Waals surface area contributed by atoms with E-state index in [1.165, 1.54) is 0 Å². The molecule has 0 amide bonds. The van der Waals surface area contributed by atoms with E-state index in [2.05, 4.69) is 42.3 Å². The molecule has 0 fully saturated rings. The maximum Gasteiger partial charge on any atom is 0.0802 e. The first-order chi connectivity index (χ1) is 4.75. The maximum atomic E-state index is 5.21. The zero-order chi connectivity index (χ0) is 7.56. The smallest absolute Gasteiger partial charge is 0.0802 e. The highest BCUT2D eigenvalue weighted by Gasteiger charge is 2.00.